The number of nitrogens with zero attached hydrogens (tertiary/aromatic N) is 1. The van der Waals surface area contributed by atoms with Crippen molar-refractivity contribution in [2.24, 2.45) is 0 Å². The first-order valence-electron chi connectivity index (χ1n) is 6.20. The number of nitro benzene ring substituents is 1. The van der Waals surface area contributed by atoms with Crippen LogP contribution in [0, 0.1) is 10.1 Å². The van der Waals surface area contributed by atoms with Crippen molar-refractivity contribution in [3.63, 3.8) is 0 Å². The predicted molar refractivity (Wildman–Crippen MR) is 72.0 cm³/mol. The molecule has 1 aliphatic heterocycles. The molecular formula is C12H14ClNO8. The summed E-state index contributed by atoms with van der Waals surface area (Å²) in [7, 11) is 0. The van der Waals surface area contributed by atoms with Crippen LogP contribution in [0.25, 0.3) is 0 Å². The normalized spacial score (nSPS) is 35.4. The average molecular weight is 336 g/mol. The highest BCUT2D eigenvalue weighted by atomic mass is 35.5. The van der Waals surface area contributed by atoms with Crippen molar-refractivity contribution >= 4 is 17.3 Å². The van der Waals surface area contributed by atoms with E-state index in [1.54, 1.807) is 0 Å². The third kappa shape index (κ3) is 2.57. The van der Waals surface area contributed by atoms with Gasteiger partial charge >= 0.3 is 0 Å². The summed E-state index contributed by atoms with van der Waals surface area (Å²) in [5.41, 5.74) is -3.13. The van der Waals surface area contributed by atoms with Gasteiger partial charge in [0.1, 0.15) is 18.3 Å². The van der Waals surface area contributed by atoms with E-state index in [0.29, 0.717) is 0 Å². The van der Waals surface area contributed by atoms with E-state index in [0.717, 1.165) is 18.2 Å². The summed E-state index contributed by atoms with van der Waals surface area (Å²) in [4.78, 5) is 9.97. The molecule has 0 spiro atoms. The van der Waals surface area contributed by atoms with E-state index in [4.69, 9.17) is 21.4 Å². The molecular weight excluding hydrogens is 322 g/mol. The molecule has 0 aliphatic carbocycles. The SMILES string of the molecule is O=[N+]([O-])c1ccc([C@]2(O)[C@@H](O)O[C@H](CO)[C@@H](O)[C@@H]2O)c(Cl)c1. The highest BCUT2D eigenvalue weighted by Crippen LogP contribution is 2.41. The molecule has 1 aromatic rings. The Labute approximate surface area is 129 Å². The number of halogens is 1. The smallest absolute Gasteiger partial charge is 0.270 e. The van der Waals surface area contributed by atoms with Crippen LogP contribution in [0.3, 0.4) is 0 Å². The van der Waals surface area contributed by atoms with E-state index < -0.39 is 41.7 Å². The number of ether oxygens (including phenoxy) is 1. The number of hydrogen-bond donors (Lipinski definition) is 5. The largest absolute Gasteiger partial charge is 0.394 e. The maximum atomic E-state index is 10.7. The molecule has 1 aromatic carbocycles. The molecule has 0 aromatic heterocycles. The molecule has 0 bridgehead atoms. The summed E-state index contributed by atoms with van der Waals surface area (Å²) in [5.74, 6) is 0. The van der Waals surface area contributed by atoms with E-state index in [9.17, 15) is 30.5 Å². The number of hydrogen-bond acceptors (Lipinski definition) is 8. The fourth-order valence-electron chi connectivity index (χ4n) is 2.35. The molecule has 1 fully saturated rings. The maximum absolute atomic E-state index is 10.7. The summed E-state index contributed by atoms with van der Waals surface area (Å²) in [6.07, 6.45) is -6.96. The molecule has 2 rings (SSSR count). The van der Waals surface area contributed by atoms with Crippen molar-refractivity contribution in [3.05, 3.63) is 38.9 Å². The Balaban J connectivity index is 2.47. The number of nitro groups is 1. The lowest BCUT2D eigenvalue weighted by atomic mass is 9.81. The van der Waals surface area contributed by atoms with E-state index in [1.165, 1.54) is 0 Å². The molecule has 1 heterocycles. The van der Waals surface area contributed by atoms with Crippen LogP contribution >= 0.6 is 11.6 Å². The van der Waals surface area contributed by atoms with Gasteiger partial charge in [-0.15, -0.1) is 0 Å². The third-order valence-electron chi connectivity index (χ3n) is 3.61. The van der Waals surface area contributed by atoms with Crippen LogP contribution in [0.2, 0.25) is 5.02 Å². The van der Waals surface area contributed by atoms with Crippen LogP contribution in [0.5, 0.6) is 0 Å². The van der Waals surface area contributed by atoms with Gasteiger partial charge in [-0.05, 0) is 6.07 Å². The number of aliphatic hydroxyl groups excluding tert-OH is 4. The lowest BCUT2D eigenvalue weighted by molar-refractivity contribution is -0.385. The molecule has 122 valence electrons. The fourth-order valence-corrected chi connectivity index (χ4v) is 2.67. The van der Waals surface area contributed by atoms with Gasteiger partial charge in [-0.2, -0.15) is 0 Å². The molecule has 5 atom stereocenters. The van der Waals surface area contributed by atoms with Gasteiger partial charge in [-0.3, -0.25) is 10.1 Å². The summed E-state index contributed by atoms with van der Waals surface area (Å²) in [6, 6.07) is 2.99. The predicted octanol–water partition coefficient (Wildman–Crippen LogP) is -1.13. The molecule has 0 unspecified atom stereocenters. The lowest BCUT2D eigenvalue weighted by Crippen LogP contribution is -2.64. The van der Waals surface area contributed by atoms with Gasteiger partial charge in [-0.25, -0.2) is 0 Å². The zero-order chi connectivity index (χ0) is 16.7. The van der Waals surface area contributed by atoms with Crippen molar-refractivity contribution in [2.75, 3.05) is 6.61 Å². The minimum absolute atomic E-state index is 0.254. The van der Waals surface area contributed by atoms with E-state index >= 15 is 0 Å². The van der Waals surface area contributed by atoms with Crippen LogP contribution in [0.15, 0.2) is 18.2 Å². The Morgan fingerprint density at radius 1 is 1.36 bits per heavy atom. The second-order valence-electron chi connectivity index (χ2n) is 4.89. The van der Waals surface area contributed by atoms with Gasteiger partial charge in [0.25, 0.3) is 5.69 Å². The van der Waals surface area contributed by atoms with Gasteiger partial charge in [0.2, 0.25) is 0 Å². The van der Waals surface area contributed by atoms with Gasteiger partial charge < -0.3 is 30.3 Å². The van der Waals surface area contributed by atoms with Crippen LogP contribution in [-0.4, -0.2) is 61.7 Å². The van der Waals surface area contributed by atoms with Gasteiger partial charge in [0.05, 0.1) is 16.6 Å². The zero-order valence-electron chi connectivity index (χ0n) is 11.0. The maximum Gasteiger partial charge on any atom is 0.270 e. The summed E-state index contributed by atoms with van der Waals surface area (Å²) >= 11 is 5.87. The van der Waals surface area contributed by atoms with E-state index in [1.807, 2.05) is 0 Å². The Hall–Kier alpha value is -1.33. The quantitative estimate of drug-likeness (QED) is 0.343. The number of non-ortho nitro benzene ring substituents is 1. The summed E-state index contributed by atoms with van der Waals surface area (Å²) in [5, 5.41) is 59.8. The first-order chi connectivity index (χ1) is 10.2. The number of benzene rings is 1. The molecule has 1 aliphatic rings. The average Bonchev–Trinajstić information content (AvgIpc) is 2.48. The van der Waals surface area contributed by atoms with Crippen molar-refractivity contribution in [3.8, 4) is 0 Å². The second kappa shape index (κ2) is 6.05. The van der Waals surface area contributed by atoms with E-state index in [-0.39, 0.29) is 16.3 Å². The van der Waals surface area contributed by atoms with Gasteiger partial charge in [0, 0.05) is 17.7 Å². The first-order valence-corrected chi connectivity index (χ1v) is 6.58. The van der Waals surface area contributed by atoms with Gasteiger partial charge in [-0.1, -0.05) is 11.6 Å². The van der Waals surface area contributed by atoms with Crippen molar-refractivity contribution in [2.45, 2.75) is 30.2 Å². The molecule has 1 saturated heterocycles. The third-order valence-corrected chi connectivity index (χ3v) is 3.92. The Kier molecular flexibility index (Phi) is 4.68. The number of rotatable bonds is 3. The second-order valence-corrected chi connectivity index (χ2v) is 5.30. The monoisotopic (exact) mass is 335 g/mol. The number of aliphatic hydroxyl groups is 5. The Morgan fingerprint density at radius 3 is 2.50 bits per heavy atom. The Morgan fingerprint density at radius 2 is 2.00 bits per heavy atom. The lowest BCUT2D eigenvalue weighted by Gasteiger charge is -2.46. The van der Waals surface area contributed by atoms with Crippen LogP contribution < -0.4 is 0 Å². The Bertz CT molecular complexity index is 584. The molecule has 22 heavy (non-hydrogen) atoms. The highest BCUT2D eigenvalue weighted by molar-refractivity contribution is 6.31. The standard InChI is InChI=1S/C12H14ClNO8/c13-7-3-5(14(20)21)1-2-6(7)12(19)10(17)9(16)8(4-15)22-11(12)18/h1-3,8-11,15-19H,4H2/t8-,9-,10+,11+,12-/m1/s1. The molecule has 0 radical (unpaired) electrons. The molecule has 5 N–H and O–H groups in total. The van der Waals surface area contributed by atoms with Crippen LogP contribution in [-0.2, 0) is 10.3 Å². The topological polar surface area (TPSA) is 154 Å². The van der Waals surface area contributed by atoms with E-state index in [2.05, 4.69) is 0 Å². The fraction of sp³-hybridized carbons (Fsp3) is 0.500. The minimum Gasteiger partial charge on any atom is -0.394 e. The minimum atomic E-state index is -2.52. The van der Waals surface area contributed by atoms with Crippen molar-refractivity contribution in [1.82, 2.24) is 0 Å². The van der Waals surface area contributed by atoms with Crippen LogP contribution in [0.4, 0.5) is 5.69 Å². The van der Waals surface area contributed by atoms with Crippen molar-refractivity contribution < 1.29 is 35.2 Å². The van der Waals surface area contributed by atoms with Gasteiger partial charge in [0.15, 0.2) is 11.9 Å². The molecule has 10 heteroatoms. The van der Waals surface area contributed by atoms with Crippen molar-refractivity contribution in [1.29, 1.82) is 0 Å². The highest BCUT2D eigenvalue weighted by Gasteiger charge is 2.56. The molecule has 0 saturated carbocycles. The zero-order valence-corrected chi connectivity index (χ0v) is 11.8. The molecule has 0 amide bonds. The summed E-state index contributed by atoms with van der Waals surface area (Å²) in [6.45, 7) is -0.695. The first kappa shape index (κ1) is 17.0. The summed E-state index contributed by atoms with van der Waals surface area (Å²) < 4.78 is 4.87. The van der Waals surface area contributed by atoms with Crippen LogP contribution in [0.1, 0.15) is 5.56 Å². The molecule has 9 nitrogen and oxygen atoms in total.